The van der Waals surface area contributed by atoms with E-state index in [2.05, 4.69) is 289 Å². The summed E-state index contributed by atoms with van der Waals surface area (Å²) in [5.74, 6) is -0.989. The molecular formula is C65H52BrF2N3P2. The van der Waals surface area contributed by atoms with Crippen molar-refractivity contribution in [2.24, 2.45) is 0 Å². The molecule has 0 aliphatic rings. The van der Waals surface area contributed by atoms with E-state index in [1.807, 2.05) is 0 Å². The van der Waals surface area contributed by atoms with Gasteiger partial charge in [0, 0.05) is 6.07 Å². The number of aromatic nitrogens is 3. The Morgan fingerprint density at radius 1 is 0.397 bits per heavy atom. The van der Waals surface area contributed by atoms with E-state index in [-0.39, 0.29) is 5.56 Å². The number of halogens is 3. The molecule has 3 nitrogen and oxygen atoms in total. The van der Waals surface area contributed by atoms with Crippen LogP contribution in [0.1, 0.15) is 16.7 Å². The highest BCUT2D eigenvalue weighted by Crippen LogP contribution is 2.34. The minimum absolute atomic E-state index is 0.193. The molecule has 0 aliphatic heterocycles. The van der Waals surface area contributed by atoms with Gasteiger partial charge in [-0.25, -0.2) is 18.4 Å². The average molecular weight is 1060 g/mol. The fraction of sp³-hybridized carbons (Fsp3) is 0.0462. The zero-order valence-corrected chi connectivity index (χ0v) is 43.9. The highest BCUT2D eigenvalue weighted by Gasteiger charge is 2.19. The monoisotopic (exact) mass is 1050 g/mol. The van der Waals surface area contributed by atoms with Gasteiger partial charge in [0.15, 0.2) is 5.82 Å². The molecule has 0 unspecified atom stereocenters. The Bertz CT molecular complexity index is 3090. The van der Waals surface area contributed by atoms with E-state index in [1.54, 1.807) is 4.68 Å². The first-order valence-electron chi connectivity index (χ1n) is 24.0. The molecule has 0 amide bonds. The number of hydrogen-bond donors (Lipinski definition) is 0. The lowest BCUT2D eigenvalue weighted by Crippen LogP contribution is -2.20. The second-order valence-corrected chi connectivity index (χ2v) is 22.5. The van der Waals surface area contributed by atoms with Crippen LogP contribution < -0.4 is 31.8 Å². The van der Waals surface area contributed by atoms with Crippen molar-refractivity contribution in [2.45, 2.75) is 20.4 Å². The molecule has 73 heavy (non-hydrogen) atoms. The second kappa shape index (κ2) is 24.8. The predicted molar refractivity (Wildman–Crippen MR) is 309 cm³/mol. The van der Waals surface area contributed by atoms with Crippen LogP contribution in [0, 0.1) is 25.5 Å². The first-order valence-corrected chi connectivity index (χ1v) is 27.5. The number of rotatable bonds is 11. The number of hydrogen-bond acceptors (Lipinski definition) is 2. The van der Waals surface area contributed by atoms with Gasteiger partial charge < -0.3 is 0 Å². The van der Waals surface area contributed by atoms with Crippen LogP contribution in [0.5, 0.6) is 0 Å². The lowest BCUT2D eigenvalue weighted by molar-refractivity contribution is 0.582. The fourth-order valence-corrected chi connectivity index (χ4v) is 13.4. The molecule has 1 heterocycles. The van der Waals surface area contributed by atoms with Gasteiger partial charge in [0.1, 0.15) is 11.6 Å². The summed E-state index contributed by atoms with van der Waals surface area (Å²) in [5, 5.41) is 12.8. The molecular weight excluding hydrogens is 1000 g/mol. The average Bonchev–Trinajstić information content (AvgIpc) is 3.79. The Labute approximate surface area is 438 Å². The first kappa shape index (κ1) is 50.5. The molecule has 11 aromatic rings. The summed E-state index contributed by atoms with van der Waals surface area (Å²) in [4.78, 5) is 4.35. The summed E-state index contributed by atoms with van der Waals surface area (Å²) >= 11 is 3.31. The summed E-state index contributed by atoms with van der Waals surface area (Å²) < 4.78 is 30.0. The first-order chi connectivity index (χ1) is 35.8. The van der Waals surface area contributed by atoms with Crippen LogP contribution in [0.25, 0.3) is 33.6 Å². The quantitative estimate of drug-likeness (QED) is 0.121. The molecule has 8 heteroatoms. The third-order valence-electron chi connectivity index (χ3n) is 12.0. The molecule has 0 fully saturated rings. The van der Waals surface area contributed by atoms with Gasteiger partial charge >= 0.3 is 0 Å². The van der Waals surface area contributed by atoms with Gasteiger partial charge in [-0.3, -0.25) is 0 Å². The SMILES string of the molecule is Cc1ccc(-c2cc(Cn3nc(Br)nc3-c3ccc(F)cc3F)cc(-c3ccc(C)cc3)c2)cc1.c1ccc(P(c2ccccc2)c2ccccc2)cc1.c1ccc(P(c2ccccc2)c2ccccc2)cc1. The van der Waals surface area contributed by atoms with E-state index in [0.717, 1.165) is 33.9 Å². The molecule has 0 radical (unpaired) electrons. The van der Waals surface area contributed by atoms with Crippen LogP contribution in [0.15, 0.2) is 272 Å². The second-order valence-electron chi connectivity index (χ2n) is 17.3. The molecule has 0 saturated heterocycles. The van der Waals surface area contributed by atoms with Gasteiger partial charge in [-0.15, -0.1) is 5.10 Å². The zero-order valence-electron chi connectivity index (χ0n) is 40.5. The molecule has 0 atom stereocenters. The molecule has 0 N–H and O–H groups in total. The minimum atomic E-state index is -0.681. The number of aryl methyl sites for hydroxylation is 2. The lowest BCUT2D eigenvalue weighted by atomic mass is 9.95. The van der Waals surface area contributed by atoms with Crippen molar-refractivity contribution in [3.8, 4) is 33.6 Å². The van der Waals surface area contributed by atoms with Crippen molar-refractivity contribution in [3.63, 3.8) is 0 Å². The molecule has 0 spiro atoms. The van der Waals surface area contributed by atoms with E-state index < -0.39 is 27.5 Å². The Morgan fingerprint density at radius 2 is 0.740 bits per heavy atom. The van der Waals surface area contributed by atoms with Crippen molar-refractivity contribution < 1.29 is 8.78 Å². The fourth-order valence-electron chi connectivity index (χ4n) is 8.43. The summed E-state index contributed by atoms with van der Waals surface area (Å²) in [6.07, 6.45) is 0. The predicted octanol–water partition coefficient (Wildman–Crippen LogP) is 14.9. The van der Waals surface area contributed by atoms with Crippen LogP contribution in [0.4, 0.5) is 8.78 Å². The summed E-state index contributed by atoms with van der Waals surface area (Å²) in [7, 11) is -0.892. The van der Waals surface area contributed by atoms with Gasteiger partial charge in [0.05, 0.1) is 12.1 Å². The molecule has 0 saturated carbocycles. The summed E-state index contributed by atoms with van der Waals surface area (Å²) in [5.41, 5.74) is 7.94. The van der Waals surface area contributed by atoms with Crippen LogP contribution in [-0.2, 0) is 6.54 Å². The molecule has 11 rings (SSSR count). The van der Waals surface area contributed by atoms with Crippen LogP contribution in [0.3, 0.4) is 0 Å². The summed E-state index contributed by atoms with van der Waals surface area (Å²) in [6, 6.07) is 91.3. The van der Waals surface area contributed by atoms with Crippen molar-refractivity contribution >= 4 is 63.6 Å². The van der Waals surface area contributed by atoms with Gasteiger partial charge in [0.2, 0.25) is 4.73 Å². The number of benzene rings is 10. The maximum absolute atomic E-state index is 14.6. The van der Waals surface area contributed by atoms with Gasteiger partial charge in [0.25, 0.3) is 0 Å². The Hall–Kier alpha value is -7.46. The lowest BCUT2D eigenvalue weighted by Gasteiger charge is -2.18. The van der Waals surface area contributed by atoms with Gasteiger partial charge in [-0.05, 0) is 136 Å². The third-order valence-corrected chi connectivity index (χ3v) is 17.2. The summed E-state index contributed by atoms with van der Waals surface area (Å²) in [6.45, 7) is 4.50. The third kappa shape index (κ3) is 13.3. The standard InChI is InChI=1S/C29H22BrF2N3.2C18H15P/c1-18-3-7-21(8-4-18)23-13-20(14-24(15-23)22-9-5-19(2)6-10-22)17-35-28(33-29(30)34-35)26-12-11-25(31)16-27(26)32;2*1-4-10-16(11-5-1)19(17-12-6-2-7-13-17)18-14-8-3-9-15-18/h3-16H,17H2,1-2H3;2*1-15H. The van der Waals surface area contributed by atoms with E-state index in [0.29, 0.717) is 17.1 Å². The largest absolute Gasteiger partial charge is 0.240 e. The van der Waals surface area contributed by atoms with Gasteiger partial charge in [-0.1, -0.05) is 242 Å². The normalized spacial score (nSPS) is 10.8. The highest BCUT2D eigenvalue weighted by molar-refractivity contribution is 9.10. The van der Waals surface area contributed by atoms with Gasteiger partial charge in [-0.2, -0.15) is 0 Å². The molecule has 0 aliphatic carbocycles. The van der Waals surface area contributed by atoms with Crippen molar-refractivity contribution in [3.05, 3.63) is 300 Å². The van der Waals surface area contributed by atoms with Crippen molar-refractivity contribution in [1.29, 1.82) is 0 Å². The minimum Gasteiger partial charge on any atom is -0.240 e. The molecule has 1 aromatic heterocycles. The topological polar surface area (TPSA) is 30.7 Å². The van der Waals surface area contributed by atoms with Crippen molar-refractivity contribution in [2.75, 3.05) is 0 Å². The Morgan fingerprint density at radius 3 is 1.07 bits per heavy atom. The molecule has 10 aromatic carbocycles. The molecule has 0 bridgehead atoms. The number of nitrogens with zero attached hydrogens (tertiary/aromatic N) is 3. The van der Waals surface area contributed by atoms with E-state index >= 15 is 0 Å². The molecule has 358 valence electrons. The van der Waals surface area contributed by atoms with Crippen LogP contribution in [0.2, 0.25) is 0 Å². The van der Waals surface area contributed by atoms with E-state index in [9.17, 15) is 8.78 Å². The maximum Gasteiger partial charge on any atom is 0.217 e. The van der Waals surface area contributed by atoms with E-state index in [4.69, 9.17) is 0 Å². The van der Waals surface area contributed by atoms with E-state index in [1.165, 1.54) is 55.1 Å². The Kier molecular flexibility index (Phi) is 17.1. The van der Waals surface area contributed by atoms with Crippen LogP contribution >= 0.6 is 31.8 Å². The maximum atomic E-state index is 14.6. The van der Waals surface area contributed by atoms with Crippen molar-refractivity contribution in [1.82, 2.24) is 14.8 Å². The Balaban J connectivity index is 0.000000146. The smallest absolute Gasteiger partial charge is 0.217 e. The zero-order chi connectivity index (χ0) is 50.4. The van der Waals surface area contributed by atoms with Crippen LogP contribution in [-0.4, -0.2) is 14.8 Å². The highest BCUT2D eigenvalue weighted by atomic mass is 79.9.